The van der Waals surface area contributed by atoms with Crippen LogP contribution in [-0.2, 0) is 17.7 Å². The van der Waals surface area contributed by atoms with Gasteiger partial charge in [-0.05, 0) is 37.5 Å². The average molecular weight is 342 g/mol. The highest BCUT2D eigenvalue weighted by Crippen LogP contribution is 2.33. The quantitative estimate of drug-likeness (QED) is 0.779. The molecule has 2 N–H and O–H groups in total. The molecule has 1 heterocycles. The number of benzene rings is 1. The predicted octanol–water partition coefficient (Wildman–Crippen LogP) is 3.71. The Kier molecular flexibility index (Phi) is 6.02. The molecule has 134 valence electrons. The number of ether oxygens (including phenoxy) is 1. The van der Waals surface area contributed by atoms with Gasteiger partial charge in [-0.1, -0.05) is 32.4 Å². The summed E-state index contributed by atoms with van der Waals surface area (Å²) in [7, 11) is 1.35. The van der Waals surface area contributed by atoms with Gasteiger partial charge in [-0.15, -0.1) is 0 Å². The molecule has 0 saturated carbocycles. The van der Waals surface area contributed by atoms with Crippen molar-refractivity contribution in [3.63, 3.8) is 0 Å². The maximum Gasteiger partial charge on any atom is 0.337 e. The molecular formula is C20H26N2O3. The number of nitrogens with zero attached hydrogens (tertiary/aromatic N) is 1. The fraction of sp³-hybridized carbons (Fsp3) is 0.400. The number of primary amides is 1. The number of hydrogen-bond donors (Lipinski definition) is 1. The first kappa shape index (κ1) is 18.8. The number of aromatic nitrogens is 1. The second-order valence-electron chi connectivity index (χ2n) is 6.07. The summed E-state index contributed by atoms with van der Waals surface area (Å²) >= 11 is 0. The monoisotopic (exact) mass is 342 g/mol. The molecule has 0 atom stereocenters. The van der Waals surface area contributed by atoms with Gasteiger partial charge in [0.05, 0.1) is 18.2 Å². The molecule has 0 radical (unpaired) electrons. The normalized spacial score (nSPS) is 10.7. The van der Waals surface area contributed by atoms with Crippen LogP contribution in [0.5, 0.6) is 0 Å². The minimum absolute atomic E-state index is 0.380. The standard InChI is InChI=1S/C20H26N2O3/c1-5-7-12-22-13(3)17(19(21)23)18(16(22)6-2)14-8-10-15(11-9-14)20(24)25-4/h8-11H,5-7,12H2,1-4H3,(H2,21,23). The van der Waals surface area contributed by atoms with E-state index in [0.29, 0.717) is 11.1 Å². The van der Waals surface area contributed by atoms with Gasteiger partial charge in [-0.25, -0.2) is 4.79 Å². The smallest absolute Gasteiger partial charge is 0.337 e. The van der Waals surface area contributed by atoms with Crippen LogP contribution in [0.25, 0.3) is 11.1 Å². The molecular weight excluding hydrogens is 316 g/mol. The van der Waals surface area contributed by atoms with Gasteiger partial charge < -0.3 is 15.0 Å². The zero-order valence-electron chi connectivity index (χ0n) is 15.4. The van der Waals surface area contributed by atoms with Crippen LogP contribution in [0.15, 0.2) is 24.3 Å². The van der Waals surface area contributed by atoms with Crippen molar-refractivity contribution in [3.05, 3.63) is 46.8 Å². The van der Waals surface area contributed by atoms with E-state index in [-0.39, 0.29) is 5.97 Å². The topological polar surface area (TPSA) is 74.3 Å². The summed E-state index contributed by atoms with van der Waals surface area (Å²) in [5, 5.41) is 0. The van der Waals surface area contributed by atoms with Crippen LogP contribution in [0.3, 0.4) is 0 Å². The highest BCUT2D eigenvalue weighted by Gasteiger charge is 2.23. The lowest BCUT2D eigenvalue weighted by Crippen LogP contribution is -2.13. The zero-order chi connectivity index (χ0) is 18.6. The van der Waals surface area contributed by atoms with Crippen LogP contribution in [0.2, 0.25) is 0 Å². The molecule has 0 saturated heterocycles. The first-order chi connectivity index (χ1) is 12.0. The van der Waals surface area contributed by atoms with Gasteiger partial charge in [0, 0.05) is 23.5 Å². The fourth-order valence-electron chi connectivity index (χ4n) is 3.29. The Morgan fingerprint density at radius 1 is 1.16 bits per heavy atom. The fourth-order valence-corrected chi connectivity index (χ4v) is 3.29. The number of amides is 1. The van der Waals surface area contributed by atoms with Crippen molar-refractivity contribution in [2.75, 3.05) is 7.11 Å². The lowest BCUT2D eigenvalue weighted by Gasteiger charge is -2.11. The molecule has 0 aliphatic carbocycles. The van der Waals surface area contributed by atoms with Crippen LogP contribution in [0.4, 0.5) is 0 Å². The van der Waals surface area contributed by atoms with Gasteiger partial charge in [0.1, 0.15) is 0 Å². The van der Waals surface area contributed by atoms with E-state index in [1.54, 1.807) is 12.1 Å². The molecule has 0 aliphatic heterocycles. The van der Waals surface area contributed by atoms with Gasteiger partial charge in [0.25, 0.3) is 5.91 Å². The van der Waals surface area contributed by atoms with Crippen molar-refractivity contribution < 1.29 is 14.3 Å². The molecule has 5 heteroatoms. The van der Waals surface area contributed by atoms with Gasteiger partial charge >= 0.3 is 5.97 Å². The number of nitrogens with two attached hydrogens (primary N) is 1. The van der Waals surface area contributed by atoms with Gasteiger partial charge in [-0.2, -0.15) is 0 Å². The van der Waals surface area contributed by atoms with E-state index < -0.39 is 5.91 Å². The zero-order valence-corrected chi connectivity index (χ0v) is 15.4. The van der Waals surface area contributed by atoms with Gasteiger partial charge in [0.15, 0.2) is 0 Å². The SMILES string of the molecule is CCCCn1c(C)c(C(N)=O)c(-c2ccc(C(=O)OC)cc2)c1CC. The number of carbonyl (C=O) groups excluding carboxylic acids is 2. The lowest BCUT2D eigenvalue weighted by atomic mass is 9.98. The highest BCUT2D eigenvalue weighted by molar-refractivity contribution is 6.02. The maximum atomic E-state index is 12.1. The summed E-state index contributed by atoms with van der Waals surface area (Å²) in [6.45, 7) is 7.04. The van der Waals surface area contributed by atoms with E-state index in [0.717, 1.165) is 48.3 Å². The summed E-state index contributed by atoms with van der Waals surface area (Å²) in [6, 6.07) is 7.11. The molecule has 0 aliphatic rings. The van der Waals surface area contributed by atoms with Crippen molar-refractivity contribution in [2.24, 2.45) is 5.73 Å². The van der Waals surface area contributed by atoms with Crippen molar-refractivity contribution in [1.29, 1.82) is 0 Å². The number of carbonyl (C=O) groups is 2. The Bertz CT molecular complexity index is 773. The Hall–Kier alpha value is -2.56. The minimum atomic E-state index is -0.422. The number of esters is 1. The summed E-state index contributed by atoms with van der Waals surface area (Å²) < 4.78 is 6.94. The summed E-state index contributed by atoms with van der Waals surface area (Å²) in [5.74, 6) is -0.802. The molecule has 1 aromatic heterocycles. The molecule has 0 unspecified atom stereocenters. The summed E-state index contributed by atoms with van der Waals surface area (Å²) in [6.07, 6.45) is 2.92. The second kappa shape index (κ2) is 8.01. The van der Waals surface area contributed by atoms with Gasteiger partial charge in [-0.3, -0.25) is 4.79 Å². The van der Waals surface area contributed by atoms with Crippen LogP contribution in [0, 0.1) is 6.92 Å². The van der Waals surface area contributed by atoms with E-state index in [1.165, 1.54) is 7.11 Å². The lowest BCUT2D eigenvalue weighted by molar-refractivity contribution is 0.0600. The molecule has 1 aromatic carbocycles. The Morgan fingerprint density at radius 3 is 2.28 bits per heavy atom. The van der Waals surface area contributed by atoms with Crippen molar-refractivity contribution >= 4 is 11.9 Å². The molecule has 5 nitrogen and oxygen atoms in total. The highest BCUT2D eigenvalue weighted by atomic mass is 16.5. The predicted molar refractivity (Wildman–Crippen MR) is 98.7 cm³/mol. The van der Waals surface area contributed by atoms with Crippen LogP contribution in [-0.4, -0.2) is 23.6 Å². The number of rotatable bonds is 7. The average Bonchev–Trinajstić information content (AvgIpc) is 2.91. The number of unbranched alkanes of at least 4 members (excludes halogenated alkanes) is 1. The van der Waals surface area contributed by atoms with Gasteiger partial charge in [0.2, 0.25) is 0 Å². The number of methoxy groups -OCH3 is 1. The van der Waals surface area contributed by atoms with E-state index in [2.05, 4.69) is 18.4 Å². The number of hydrogen-bond acceptors (Lipinski definition) is 3. The molecule has 0 fully saturated rings. The largest absolute Gasteiger partial charge is 0.465 e. The Labute approximate surface area is 148 Å². The van der Waals surface area contributed by atoms with Crippen molar-refractivity contribution in [3.8, 4) is 11.1 Å². The third-order valence-corrected chi connectivity index (χ3v) is 4.54. The van der Waals surface area contributed by atoms with E-state index in [1.807, 2.05) is 19.1 Å². The van der Waals surface area contributed by atoms with E-state index in [4.69, 9.17) is 10.5 Å². The summed E-state index contributed by atoms with van der Waals surface area (Å²) in [4.78, 5) is 23.8. The molecule has 0 bridgehead atoms. The third-order valence-electron chi connectivity index (χ3n) is 4.54. The van der Waals surface area contributed by atoms with E-state index in [9.17, 15) is 9.59 Å². The van der Waals surface area contributed by atoms with Crippen molar-refractivity contribution in [1.82, 2.24) is 4.57 Å². The molecule has 0 spiro atoms. The van der Waals surface area contributed by atoms with Crippen LogP contribution >= 0.6 is 0 Å². The van der Waals surface area contributed by atoms with Crippen LogP contribution < -0.4 is 5.73 Å². The first-order valence-electron chi connectivity index (χ1n) is 8.66. The maximum absolute atomic E-state index is 12.1. The second-order valence-corrected chi connectivity index (χ2v) is 6.07. The van der Waals surface area contributed by atoms with Crippen LogP contribution in [0.1, 0.15) is 58.8 Å². The Morgan fingerprint density at radius 2 is 1.80 bits per heavy atom. The Balaban J connectivity index is 2.62. The van der Waals surface area contributed by atoms with E-state index >= 15 is 0 Å². The molecule has 2 aromatic rings. The van der Waals surface area contributed by atoms with Crippen molar-refractivity contribution in [2.45, 2.75) is 46.6 Å². The summed E-state index contributed by atoms with van der Waals surface area (Å²) in [5.41, 5.74) is 10.5. The minimum Gasteiger partial charge on any atom is -0.465 e. The molecule has 25 heavy (non-hydrogen) atoms. The third kappa shape index (κ3) is 3.60. The molecule has 1 amide bonds. The first-order valence-corrected chi connectivity index (χ1v) is 8.66. The molecule has 2 rings (SSSR count).